The maximum absolute atomic E-state index is 5.77. The van der Waals surface area contributed by atoms with Crippen LogP contribution in [0.3, 0.4) is 0 Å². The van der Waals surface area contributed by atoms with Crippen LogP contribution < -0.4 is 5.32 Å². The normalized spacial score (nSPS) is 12.5. The van der Waals surface area contributed by atoms with Gasteiger partial charge in [-0.3, -0.25) is 0 Å². The highest BCUT2D eigenvalue weighted by molar-refractivity contribution is 6.35. The van der Waals surface area contributed by atoms with Crippen molar-refractivity contribution < 1.29 is 0 Å². The van der Waals surface area contributed by atoms with Crippen LogP contribution in [0.1, 0.15) is 76.8 Å². The summed E-state index contributed by atoms with van der Waals surface area (Å²) in [4.78, 5) is 0. The molecule has 182 valence electrons. The number of benzene rings is 2. The van der Waals surface area contributed by atoms with Gasteiger partial charge in [0.15, 0.2) is 7.85 Å². The first-order valence-electron chi connectivity index (χ1n) is 13.7. The molecule has 0 unspecified atom stereocenters. The van der Waals surface area contributed by atoms with E-state index in [-0.39, 0.29) is 0 Å². The Labute approximate surface area is 218 Å². The number of anilines is 1. The van der Waals surface area contributed by atoms with Gasteiger partial charge in [0.05, 0.1) is 0 Å². The third-order valence-electron chi connectivity index (χ3n) is 7.07. The standard InChI is InChI=1S/C31H44B3N/c1-5-9-12-23-15-18-25(19-16-23)27-21-24(13-10-6-2)17-20-30(27)35-22-29(33)31(34)26(14-11-7-3)28(32)8-4/h4,15-21,35H,5-7,9-14,22,32-34H2,1-3H3/b28-26+,31-29-. The molecule has 2 aromatic rings. The molecule has 0 bridgehead atoms. The number of rotatable bonds is 14. The van der Waals surface area contributed by atoms with Crippen LogP contribution in [-0.4, -0.2) is 30.1 Å². The number of unbranched alkanes of at least 4 members (excludes halogenated alkanes) is 3. The van der Waals surface area contributed by atoms with Gasteiger partial charge in [0.2, 0.25) is 0 Å². The smallest absolute Gasteiger partial charge is 0.150 e. The lowest BCUT2D eigenvalue weighted by molar-refractivity contribution is 0.794. The predicted octanol–water partition coefficient (Wildman–Crippen LogP) is 5.64. The summed E-state index contributed by atoms with van der Waals surface area (Å²) < 4.78 is 0. The molecule has 4 heteroatoms. The molecule has 0 saturated carbocycles. The van der Waals surface area contributed by atoms with Gasteiger partial charge in [0.25, 0.3) is 0 Å². The quantitative estimate of drug-likeness (QED) is 0.217. The van der Waals surface area contributed by atoms with Crippen LogP contribution in [0.2, 0.25) is 0 Å². The van der Waals surface area contributed by atoms with Crippen LogP contribution in [0.5, 0.6) is 0 Å². The van der Waals surface area contributed by atoms with Crippen molar-refractivity contribution in [1.82, 2.24) is 0 Å². The monoisotopic (exact) mass is 463 g/mol. The van der Waals surface area contributed by atoms with E-state index in [0.29, 0.717) is 0 Å². The van der Waals surface area contributed by atoms with Crippen molar-refractivity contribution in [2.75, 3.05) is 11.9 Å². The van der Waals surface area contributed by atoms with Gasteiger partial charge in [-0.25, -0.2) is 0 Å². The number of allylic oxidation sites excluding steroid dienone is 3. The zero-order valence-corrected chi connectivity index (χ0v) is 23.2. The van der Waals surface area contributed by atoms with Crippen LogP contribution >= 0.6 is 0 Å². The Morgan fingerprint density at radius 3 is 2.03 bits per heavy atom. The van der Waals surface area contributed by atoms with Crippen LogP contribution in [-0.2, 0) is 12.8 Å². The van der Waals surface area contributed by atoms with Crippen molar-refractivity contribution in [1.29, 1.82) is 0 Å². The summed E-state index contributed by atoms with van der Waals surface area (Å²) in [6.07, 6.45) is 16.4. The molecule has 1 nitrogen and oxygen atoms in total. The van der Waals surface area contributed by atoms with E-state index >= 15 is 0 Å². The van der Waals surface area contributed by atoms with E-state index in [1.807, 2.05) is 0 Å². The lowest BCUT2D eigenvalue weighted by atomic mass is 9.71. The average molecular weight is 463 g/mol. The molecule has 0 aliphatic heterocycles. The fourth-order valence-electron chi connectivity index (χ4n) is 4.47. The second-order valence-corrected chi connectivity index (χ2v) is 9.89. The van der Waals surface area contributed by atoms with E-state index in [9.17, 15) is 0 Å². The fraction of sp³-hybridized carbons (Fsp3) is 0.419. The Balaban J connectivity index is 2.33. The van der Waals surface area contributed by atoms with Gasteiger partial charge in [0, 0.05) is 17.8 Å². The van der Waals surface area contributed by atoms with Gasteiger partial charge < -0.3 is 5.32 Å². The number of hydrogen-bond acceptors (Lipinski definition) is 1. The number of aryl methyl sites for hydroxylation is 2. The molecular formula is C31H44B3N. The van der Waals surface area contributed by atoms with E-state index in [4.69, 9.17) is 6.42 Å². The summed E-state index contributed by atoms with van der Waals surface area (Å²) >= 11 is 0. The zero-order valence-electron chi connectivity index (χ0n) is 23.2. The van der Waals surface area contributed by atoms with E-state index < -0.39 is 0 Å². The lowest BCUT2D eigenvalue weighted by Gasteiger charge is -2.18. The minimum Gasteiger partial charge on any atom is -0.382 e. The summed E-state index contributed by atoms with van der Waals surface area (Å²) in [5.74, 6) is 2.88. The Morgan fingerprint density at radius 2 is 1.43 bits per heavy atom. The molecule has 0 aliphatic rings. The molecule has 2 rings (SSSR count). The van der Waals surface area contributed by atoms with E-state index in [1.165, 1.54) is 83.0 Å². The molecular weight excluding hydrogens is 419 g/mol. The molecule has 35 heavy (non-hydrogen) atoms. The molecule has 0 saturated heterocycles. The Hall–Kier alpha value is -2.53. The van der Waals surface area contributed by atoms with Gasteiger partial charge in [0.1, 0.15) is 15.7 Å². The molecule has 0 fully saturated rings. The minimum atomic E-state index is 0.815. The van der Waals surface area contributed by atoms with E-state index in [1.54, 1.807) is 0 Å². The molecule has 0 amide bonds. The average Bonchev–Trinajstić information content (AvgIpc) is 2.89. The number of terminal acetylenes is 1. The highest BCUT2D eigenvalue weighted by Gasteiger charge is 2.10. The van der Waals surface area contributed by atoms with E-state index in [0.717, 1.165) is 31.3 Å². The molecule has 0 aliphatic carbocycles. The molecule has 0 heterocycles. The van der Waals surface area contributed by atoms with Crippen LogP contribution in [0, 0.1) is 12.3 Å². The summed E-state index contributed by atoms with van der Waals surface area (Å²) in [5.41, 5.74) is 11.7. The topological polar surface area (TPSA) is 12.0 Å². The number of hydrogen-bond donors (Lipinski definition) is 1. The van der Waals surface area contributed by atoms with Gasteiger partial charge in [-0.05, 0) is 72.8 Å². The molecule has 0 spiro atoms. The maximum Gasteiger partial charge on any atom is 0.150 e. The van der Waals surface area contributed by atoms with Crippen LogP contribution in [0.15, 0.2) is 64.5 Å². The zero-order chi connectivity index (χ0) is 25.6. The largest absolute Gasteiger partial charge is 0.382 e. The highest BCUT2D eigenvalue weighted by Crippen LogP contribution is 2.31. The van der Waals surface area contributed by atoms with Crippen molar-refractivity contribution in [3.8, 4) is 23.5 Å². The molecule has 1 N–H and O–H groups in total. The first kappa shape index (κ1) is 28.7. The first-order valence-corrected chi connectivity index (χ1v) is 13.7. The van der Waals surface area contributed by atoms with Gasteiger partial charge in [-0.15, -0.1) is 6.42 Å². The summed E-state index contributed by atoms with van der Waals surface area (Å²) in [5, 5.41) is 3.76. The highest BCUT2D eigenvalue weighted by atomic mass is 14.9. The third-order valence-corrected chi connectivity index (χ3v) is 7.07. The summed E-state index contributed by atoms with van der Waals surface area (Å²) in [6.45, 7) is 7.56. The van der Waals surface area contributed by atoms with Crippen molar-refractivity contribution in [3.05, 3.63) is 75.6 Å². The van der Waals surface area contributed by atoms with Crippen LogP contribution in [0.4, 0.5) is 5.69 Å². The fourth-order valence-corrected chi connectivity index (χ4v) is 4.47. The van der Waals surface area contributed by atoms with Crippen molar-refractivity contribution in [2.45, 2.75) is 78.6 Å². The summed E-state index contributed by atoms with van der Waals surface area (Å²) in [6, 6.07) is 16.1. The minimum absolute atomic E-state index is 0.815. The number of nitrogens with one attached hydrogen (secondary N) is 1. The Morgan fingerprint density at radius 1 is 0.829 bits per heavy atom. The molecule has 0 atom stereocenters. The lowest BCUT2D eigenvalue weighted by Crippen LogP contribution is -2.11. The molecule has 0 aromatic heterocycles. The van der Waals surface area contributed by atoms with Crippen molar-refractivity contribution in [2.24, 2.45) is 0 Å². The second kappa shape index (κ2) is 15.5. The third kappa shape index (κ3) is 8.89. The van der Waals surface area contributed by atoms with Crippen molar-refractivity contribution in [3.63, 3.8) is 0 Å². The first-order chi connectivity index (χ1) is 16.9. The SMILES string of the molecule is B/C(C#C)=C(CCCC)/C(B)=C(/B)CNc1ccc(CCCC)cc1-c1ccc(CCCC)cc1. The maximum atomic E-state index is 5.77. The molecule has 0 radical (unpaired) electrons. The van der Waals surface area contributed by atoms with Gasteiger partial charge >= 0.3 is 0 Å². The second-order valence-electron chi connectivity index (χ2n) is 9.89. The molecule has 2 aromatic carbocycles. The van der Waals surface area contributed by atoms with Gasteiger partial charge in [-0.1, -0.05) is 92.8 Å². The Bertz CT molecular complexity index is 1040. The predicted molar refractivity (Wildman–Crippen MR) is 166 cm³/mol. The van der Waals surface area contributed by atoms with Crippen molar-refractivity contribution >= 4 is 29.2 Å². The Kier molecular flexibility index (Phi) is 12.7. The summed E-state index contributed by atoms with van der Waals surface area (Å²) in [7, 11) is 6.54. The van der Waals surface area contributed by atoms with E-state index in [2.05, 4.69) is 98.0 Å². The van der Waals surface area contributed by atoms with Gasteiger partial charge in [-0.2, -0.15) is 0 Å². The van der Waals surface area contributed by atoms with Crippen LogP contribution in [0.25, 0.3) is 11.1 Å².